The molecule has 0 saturated heterocycles. The van der Waals surface area contributed by atoms with Crippen LogP contribution in [-0.2, 0) is 5.75 Å². The first-order chi connectivity index (χ1) is 9.63. The van der Waals surface area contributed by atoms with Gasteiger partial charge in [-0.15, -0.1) is 11.8 Å². The molecule has 2 nitrogen and oxygen atoms in total. The Hall–Kier alpha value is -1.92. The topological polar surface area (TPSA) is 33.0 Å². The summed E-state index contributed by atoms with van der Waals surface area (Å²) < 4.78 is 5.23. The molecule has 102 valence electrons. The molecule has 0 heterocycles. The first-order valence-corrected chi connectivity index (χ1v) is 7.39. The van der Waals surface area contributed by atoms with Gasteiger partial charge in [0.1, 0.15) is 11.8 Å². The van der Waals surface area contributed by atoms with Gasteiger partial charge in [0.25, 0.3) is 0 Å². The minimum Gasteiger partial charge on any atom is -0.495 e. The summed E-state index contributed by atoms with van der Waals surface area (Å²) in [6.07, 6.45) is 0. The SMILES string of the molecule is COc1cc(CSc2ccc(C)c(C)c2)ccc1C#N. The Kier molecular flexibility index (Phi) is 4.70. The quantitative estimate of drug-likeness (QED) is 0.776. The maximum Gasteiger partial charge on any atom is 0.136 e. The first-order valence-electron chi connectivity index (χ1n) is 6.41. The number of hydrogen-bond donors (Lipinski definition) is 0. The van der Waals surface area contributed by atoms with Gasteiger partial charge in [-0.05, 0) is 54.8 Å². The zero-order valence-electron chi connectivity index (χ0n) is 11.9. The molecule has 2 rings (SSSR count). The maximum atomic E-state index is 8.97. The molecule has 0 unspecified atom stereocenters. The largest absolute Gasteiger partial charge is 0.495 e. The molecular formula is C17H17NOS. The van der Waals surface area contributed by atoms with Crippen LogP contribution in [0.25, 0.3) is 0 Å². The highest BCUT2D eigenvalue weighted by molar-refractivity contribution is 7.98. The number of benzene rings is 2. The van der Waals surface area contributed by atoms with Crippen molar-refractivity contribution in [3.05, 3.63) is 58.7 Å². The molecule has 0 bridgehead atoms. The molecule has 0 aliphatic rings. The molecule has 0 radical (unpaired) electrons. The van der Waals surface area contributed by atoms with Crippen molar-refractivity contribution in [3.63, 3.8) is 0 Å². The van der Waals surface area contributed by atoms with Gasteiger partial charge in [0, 0.05) is 10.6 Å². The summed E-state index contributed by atoms with van der Waals surface area (Å²) >= 11 is 1.79. The van der Waals surface area contributed by atoms with Gasteiger partial charge in [-0.3, -0.25) is 0 Å². The minimum absolute atomic E-state index is 0.576. The minimum atomic E-state index is 0.576. The fraction of sp³-hybridized carbons (Fsp3) is 0.235. The Balaban J connectivity index is 2.11. The van der Waals surface area contributed by atoms with Crippen molar-refractivity contribution in [2.45, 2.75) is 24.5 Å². The Labute approximate surface area is 124 Å². The van der Waals surface area contributed by atoms with Gasteiger partial charge in [-0.1, -0.05) is 12.1 Å². The van der Waals surface area contributed by atoms with Crippen LogP contribution in [0, 0.1) is 25.2 Å². The summed E-state index contributed by atoms with van der Waals surface area (Å²) in [5, 5.41) is 8.97. The van der Waals surface area contributed by atoms with E-state index in [0.29, 0.717) is 11.3 Å². The number of ether oxygens (including phenoxy) is 1. The number of hydrogen-bond acceptors (Lipinski definition) is 3. The van der Waals surface area contributed by atoms with E-state index in [2.05, 4.69) is 38.1 Å². The zero-order valence-corrected chi connectivity index (χ0v) is 12.8. The van der Waals surface area contributed by atoms with Crippen LogP contribution in [0.4, 0.5) is 0 Å². The number of nitriles is 1. The van der Waals surface area contributed by atoms with Crippen LogP contribution in [0.15, 0.2) is 41.3 Å². The molecule has 0 spiro atoms. The first kappa shape index (κ1) is 14.5. The van der Waals surface area contributed by atoms with Gasteiger partial charge in [-0.25, -0.2) is 0 Å². The van der Waals surface area contributed by atoms with E-state index in [-0.39, 0.29) is 0 Å². The van der Waals surface area contributed by atoms with Crippen LogP contribution >= 0.6 is 11.8 Å². The Bertz CT molecular complexity index is 659. The third-order valence-corrected chi connectivity index (χ3v) is 4.34. The third kappa shape index (κ3) is 3.34. The molecule has 3 heteroatoms. The standard InChI is InChI=1S/C17H17NOS/c1-12-4-7-16(8-13(12)2)20-11-14-5-6-15(10-18)17(9-14)19-3/h4-9H,11H2,1-3H3. The van der Waals surface area contributed by atoms with Crippen molar-refractivity contribution < 1.29 is 4.74 Å². The van der Waals surface area contributed by atoms with E-state index in [1.165, 1.54) is 16.0 Å². The van der Waals surface area contributed by atoms with E-state index in [9.17, 15) is 0 Å². The van der Waals surface area contributed by atoms with Gasteiger partial charge in [-0.2, -0.15) is 5.26 Å². The van der Waals surface area contributed by atoms with Gasteiger partial charge in [0.05, 0.1) is 12.7 Å². The monoisotopic (exact) mass is 283 g/mol. The highest BCUT2D eigenvalue weighted by Crippen LogP contribution is 2.27. The van der Waals surface area contributed by atoms with Crippen molar-refractivity contribution in [2.75, 3.05) is 7.11 Å². The lowest BCUT2D eigenvalue weighted by molar-refractivity contribution is 0.413. The van der Waals surface area contributed by atoms with Crippen LogP contribution in [0.1, 0.15) is 22.3 Å². The number of rotatable bonds is 4. The zero-order chi connectivity index (χ0) is 14.5. The summed E-state index contributed by atoms with van der Waals surface area (Å²) in [4.78, 5) is 1.26. The molecule has 0 N–H and O–H groups in total. The van der Waals surface area contributed by atoms with E-state index in [1.54, 1.807) is 18.9 Å². The normalized spacial score (nSPS) is 10.1. The lowest BCUT2D eigenvalue weighted by Crippen LogP contribution is -1.90. The predicted molar refractivity (Wildman–Crippen MR) is 83.2 cm³/mol. The van der Waals surface area contributed by atoms with Gasteiger partial charge >= 0.3 is 0 Å². The van der Waals surface area contributed by atoms with Crippen LogP contribution in [0.3, 0.4) is 0 Å². The van der Waals surface area contributed by atoms with Crippen molar-refractivity contribution in [1.29, 1.82) is 5.26 Å². The van der Waals surface area contributed by atoms with Gasteiger partial charge in [0.15, 0.2) is 0 Å². The van der Waals surface area contributed by atoms with E-state index >= 15 is 0 Å². The third-order valence-electron chi connectivity index (χ3n) is 3.27. The second-order valence-electron chi connectivity index (χ2n) is 4.68. The summed E-state index contributed by atoms with van der Waals surface area (Å²) in [5.41, 5.74) is 4.36. The molecule has 20 heavy (non-hydrogen) atoms. The number of aryl methyl sites for hydroxylation is 2. The van der Waals surface area contributed by atoms with E-state index in [0.717, 1.165) is 11.3 Å². The van der Waals surface area contributed by atoms with E-state index in [1.807, 2.05) is 18.2 Å². The van der Waals surface area contributed by atoms with Crippen molar-refractivity contribution >= 4 is 11.8 Å². The average molecular weight is 283 g/mol. The molecular weight excluding hydrogens is 266 g/mol. The number of methoxy groups -OCH3 is 1. The molecule has 2 aromatic rings. The summed E-state index contributed by atoms with van der Waals surface area (Å²) in [7, 11) is 1.59. The molecule has 0 fully saturated rings. The molecule has 0 atom stereocenters. The van der Waals surface area contributed by atoms with Crippen LogP contribution in [0.5, 0.6) is 5.75 Å². The number of thioether (sulfide) groups is 1. The lowest BCUT2D eigenvalue weighted by Gasteiger charge is -2.07. The molecule has 0 saturated carbocycles. The molecule has 0 aromatic heterocycles. The van der Waals surface area contributed by atoms with Gasteiger partial charge < -0.3 is 4.74 Å². The highest BCUT2D eigenvalue weighted by Gasteiger charge is 2.04. The molecule has 0 aliphatic heterocycles. The molecule has 2 aromatic carbocycles. The fourth-order valence-electron chi connectivity index (χ4n) is 1.89. The smallest absolute Gasteiger partial charge is 0.136 e. The number of nitrogens with zero attached hydrogens (tertiary/aromatic N) is 1. The predicted octanol–water partition coefficient (Wildman–Crippen LogP) is 4.48. The van der Waals surface area contributed by atoms with Crippen molar-refractivity contribution in [2.24, 2.45) is 0 Å². The van der Waals surface area contributed by atoms with E-state index < -0.39 is 0 Å². The lowest BCUT2D eigenvalue weighted by atomic mass is 10.1. The van der Waals surface area contributed by atoms with Crippen LogP contribution in [-0.4, -0.2) is 7.11 Å². The Morgan fingerprint density at radius 1 is 1.10 bits per heavy atom. The van der Waals surface area contributed by atoms with Gasteiger partial charge in [0.2, 0.25) is 0 Å². The highest BCUT2D eigenvalue weighted by atomic mass is 32.2. The molecule has 0 aliphatic carbocycles. The second-order valence-corrected chi connectivity index (χ2v) is 5.73. The summed E-state index contributed by atoms with van der Waals surface area (Å²) in [6, 6.07) is 14.4. The summed E-state index contributed by atoms with van der Waals surface area (Å²) in [5.74, 6) is 1.51. The fourth-order valence-corrected chi connectivity index (χ4v) is 2.83. The molecule has 0 amide bonds. The average Bonchev–Trinajstić information content (AvgIpc) is 2.48. The Morgan fingerprint density at radius 2 is 1.90 bits per heavy atom. The second kappa shape index (κ2) is 6.49. The van der Waals surface area contributed by atoms with Crippen molar-refractivity contribution in [3.8, 4) is 11.8 Å². The summed E-state index contributed by atoms with van der Waals surface area (Å²) in [6.45, 7) is 4.25. The van der Waals surface area contributed by atoms with Crippen molar-refractivity contribution in [1.82, 2.24) is 0 Å². The maximum absolute atomic E-state index is 8.97. The Morgan fingerprint density at radius 3 is 2.55 bits per heavy atom. The van der Waals surface area contributed by atoms with Crippen LogP contribution in [0.2, 0.25) is 0 Å². The van der Waals surface area contributed by atoms with Crippen LogP contribution < -0.4 is 4.74 Å². The van der Waals surface area contributed by atoms with E-state index in [4.69, 9.17) is 10.00 Å².